The molecule has 10 heterocycles. The molecule has 0 fully saturated rings. The Labute approximate surface area is 777 Å². The van der Waals surface area contributed by atoms with Gasteiger partial charge < -0.3 is 0 Å². The van der Waals surface area contributed by atoms with Crippen molar-refractivity contribution in [1.82, 2.24) is 0 Å². The van der Waals surface area contributed by atoms with Gasteiger partial charge in [-0.25, -0.2) is 54.5 Å². The van der Waals surface area contributed by atoms with Gasteiger partial charge in [-0.05, 0) is 264 Å². The van der Waals surface area contributed by atoms with Crippen molar-refractivity contribution in [3.05, 3.63) is 355 Å². The molecule has 5 aromatic carbocycles. The maximum Gasteiger partial charge on any atom is 0.416 e. The van der Waals surface area contributed by atoms with Crippen molar-refractivity contribution in [3.63, 3.8) is 0 Å². The topological polar surface area (TPSA) is 38.8 Å². The fourth-order valence-corrected chi connectivity index (χ4v) is 19.7. The summed E-state index contributed by atoms with van der Waals surface area (Å²) in [6.07, 6.45) is 15.9. The lowest BCUT2D eigenvalue weighted by Gasteiger charge is -2.31. The molecule has 0 atom stereocenters. The van der Waals surface area contributed by atoms with E-state index >= 15 is 0 Å². The molecule has 0 saturated carbocycles. The summed E-state index contributed by atoms with van der Waals surface area (Å²) in [6, 6.07) is 56.2. The zero-order chi connectivity index (χ0) is 96.4. The third-order valence-electron chi connectivity index (χ3n) is 26.0. The molecule has 0 aliphatic rings. The molecule has 15 rings (SSSR count). The second-order valence-corrected chi connectivity index (χ2v) is 38.1. The van der Waals surface area contributed by atoms with Crippen LogP contribution in [-0.4, -0.2) is 0 Å². The monoisotopic (exact) mass is 1770 g/mol. The highest BCUT2D eigenvalue weighted by molar-refractivity contribution is 5.85. The third kappa shape index (κ3) is 20.6. The van der Waals surface area contributed by atoms with E-state index in [0.717, 1.165) is 56.7 Å². The minimum Gasteiger partial charge on any atom is -0.206 e. The first-order valence-electron chi connectivity index (χ1n) is 45.2. The second kappa shape index (κ2) is 39.9. The van der Waals surface area contributed by atoms with E-state index in [9.17, 15) is 22.0 Å². The van der Waals surface area contributed by atoms with Crippen LogP contribution in [0.5, 0.6) is 0 Å². The molecule has 0 spiro atoms. The number of benzene rings is 5. The van der Waals surface area contributed by atoms with Crippen LogP contribution in [0.3, 0.4) is 0 Å². The summed E-state index contributed by atoms with van der Waals surface area (Å²) in [5.41, 5.74) is 43.0. The summed E-state index contributed by atoms with van der Waals surface area (Å²) in [4.78, 5) is 0. The Morgan fingerprint density at radius 3 is 0.626 bits per heavy atom. The predicted molar refractivity (Wildman–Crippen MR) is 521 cm³/mol. The van der Waals surface area contributed by atoms with Crippen molar-refractivity contribution in [2.24, 2.45) is 70.5 Å². The summed E-state index contributed by atoms with van der Waals surface area (Å²) >= 11 is 0. The molecule has 10 nitrogen and oxygen atoms in total. The van der Waals surface area contributed by atoms with Gasteiger partial charge in [0.1, 0.15) is 82.1 Å². The number of hydrogen-bond acceptors (Lipinski definition) is 0. The summed E-state index contributed by atoms with van der Waals surface area (Å²) in [5, 5.41) is 0. The first-order valence-corrected chi connectivity index (χ1v) is 45.2. The molecule has 0 saturated heterocycles. The predicted octanol–water partition coefficient (Wildman–Crippen LogP) is 22.5. The lowest BCUT2D eigenvalue weighted by atomic mass is 9.72. The molecule has 15 aromatic rings. The van der Waals surface area contributed by atoms with Crippen molar-refractivity contribution < 1.29 is 67.6 Å². The molecule has 131 heavy (non-hydrogen) atoms. The van der Waals surface area contributed by atoms with E-state index in [1.807, 2.05) is 154 Å². The van der Waals surface area contributed by atoms with E-state index in [2.05, 4.69) is 328 Å². The number of aryl methyl sites for hydroxylation is 22. The molecule has 0 N–H and O–H groups in total. The van der Waals surface area contributed by atoms with Crippen LogP contribution in [0.1, 0.15) is 153 Å². The zero-order valence-corrected chi connectivity index (χ0v) is 83.8. The van der Waals surface area contributed by atoms with Crippen molar-refractivity contribution in [2.45, 2.75) is 176 Å². The maximum absolute atomic E-state index is 14.8. The summed E-state index contributed by atoms with van der Waals surface area (Å²) < 4.78 is 91.6. The highest BCUT2D eigenvalue weighted by atomic mass is 19.4. The Morgan fingerprint density at radius 1 is 0.198 bits per heavy atom. The minimum absolute atomic E-state index is 0.0296. The molecular weight excluding hydrogens is 1630 g/mol. The van der Waals surface area contributed by atoms with Gasteiger partial charge in [-0.15, -0.1) is 0 Å². The summed E-state index contributed by atoms with van der Waals surface area (Å²) in [6.45, 7) is 49.9. The highest BCUT2D eigenvalue weighted by Gasteiger charge is 2.39. The smallest absolute Gasteiger partial charge is 0.206 e. The van der Waals surface area contributed by atoms with E-state index in [0.29, 0.717) is 27.8 Å². The van der Waals surface area contributed by atoms with Crippen molar-refractivity contribution >= 4 is 0 Å². The first kappa shape index (κ1) is 98.8. The number of alkyl halides is 3. The number of pyridine rings is 10. The lowest BCUT2D eigenvalue weighted by Crippen LogP contribution is -2.35. The van der Waals surface area contributed by atoms with Crippen LogP contribution in [0.25, 0.3) is 113 Å². The largest absolute Gasteiger partial charge is 0.416 e. The van der Waals surface area contributed by atoms with E-state index in [-0.39, 0.29) is 10.8 Å². The second-order valence-electron chi connectivity index (χ2n) is 38.1. The van der Waals surface area contributed by atoms with Crippen LogP contribution < -0.4 is 45.7 Å². The van der Waals surface area contributed by atoms with Crippen LogP contribution >= 0.6 is 0 Å². The highest BCUT2D eigenvalue weighted by Crippen LogP contribution is 2.47. The normalized spacial score (nSPS) is 11.4. The Hall–Kier alpha value is -12.8. The van der Waals surface area contributed by atoms with Crippen LogP contribution in [0.4, 0.5) is 22.0 Å². The Morgan fingerprint density at radius 2 is 0.397 bits per heavy atom. The maximum atomic E-state index is 14.8. The minimum atomic E-state index is -4.42. The molecule has 10 aromatic heterocycles. The van der Waals surface area contributed by atoms with Gasteiger partial charge in [0, 0.05) is 122 Å². The van der Waals surface area contributed by atoms with Crippen LogP contribution in [0, 0.1) is 129 Å². The van der Waals surface area contributed by atoms with Gasteiger partial charge >= 0.3 is 6.18 Å². The van der Waals surface area contributed by atoms with E-state index in [4.69, 9.17) is 0 Å². The van der Waals surface area contributed by atoms with Crippen LogP contribution in [-0.2, 0) is 87.5 Å². The SMILES string of the molecule is Cc1cc(C)c(-c2c(C)ccc[n+]2C)c(C)c1-c1c(C)ccc[n+]1C.Cc1ccc[n+](C)c1-c1c(C(C)(C)C)cc(C(C)(C)C)c(-c2c(C)ccc[n+]2C)c1C.Cc1ccc[n+](C)c1-c1c(F)cc(F)c(-c2c(C)ccc[n+]2C)c1C.Cc1ccc[n+](C)c1-c1cc(C(F)(F)F)cc(-c2c(C)ccc[n+]2C)c1C.Cc1ccc[n+](C)c1-c1cccc(-c2c(C)ccc[n+]2C)c1C. The molecule has 0 bridgehead atoms. The van der Waals surface area contributed by atoms with Crippen LogP contribution in [0.15, 0.2) is 232 Å². The van der Waals surface area contributed by atoms with Gasteiger partial charge in [-0.3, -0.25) is 0 Å². The van der Waals surface area contributed by atoms with Gasteiger partial charge in [0.2, 0.25) is 56.9 Å². The number of rotatable bonds is 10. The molecule has 0 radical (unpaired) electrons. The molecule has 676 valence electrons. The van der Waals surface area contributed by atoms with Gasteiger partial charge in [-0.1, -0.05) is 59.7 Å². The number of hydrogen-bond donors (Lipinski definition) is 0. The Balaban J connectivity index is 0.000000159. The molecule has 0 aliphatic carbocycles. The molecule has 0 unspecified atom stereocenters. The Kier molecular flexibility index (Phi) is 30.1. The van der Waals surface area contributed by atoms with E-state index < -0.39 is 23.4 Å². The fourth-order valence-electron chi connectivity index (χ4n) is 19.7. The van der Waals surface area contributed by atoms with Gasteiger partial charge in [0.15, 0.2) is 62.0 Å². The van der Waals surface area contributed by atoms with Crippen LogP contribution in [0.2, 0.25) is 0 Å². The standard InChI is InChI=1S/C29H40N2.C23H28N2.C22H23F3N2.C21H22F2N2.C21H24N2/c1-19-14-12-16-30(10)26(19)24-21(3)25(27-20(2)15-13-17-31(27)11)23(29(7,8)9)18-22(24)28(4,5)6;1-15-10-8-12-24(6)22(15)20-17(3)14-18(4)21(19(20)5)23-16(2)11-9-13-25(23)7;1-14-8-6-10-26(4)20(14)18-12-17(22(23,24)25)13-19(16(18)3)21-15(2)9-7-11-27(21)5;1-13-8-6-10-24(4)20(13)18-15(3)19(17(23)12-16(18)22)21-14(2)9-7-11-25(21)5;1-15-9-7-13-22(4)20(15)18-11-6-12-19(17(18)3)21-16(2)10-8-14-23(21)5/h12-18H,1-11H3;8-14H,1-7H3;6-13H,1-5H3;6-12H,1-5H3;6-14H,1-5H3/q5*+2. The lowest BCUT2D eigenvalue weighted by molar-refractivity contribution is -0.661. The van der Waals surface area contributed by atoms with E-state index in [1.165, 1.54) is 152 Å². The van der Waals surface area contributed by atoms with Gasteiger partial charge in [0.05, 0.1) is 61.2 Å². The average molecular weight is 1770 g/mol. The quantitative estimate of drug-likeness (QED) is 0.0967. The van der Waals surface area contributed by atoms with Crippen molar-refractivity contribution in [3.8, 4) is 113 Å². The molecular formula is C116H137F5N10+10. The summed E-state index contributed by atoms with van der Waals surface area (Å²) in [7, 11) is 20.3. The fraction of sp³-hybridized carbons (Fsp3) is 0.310. The van der Waals surface area contributed by atoms with Gasteiger partial charge in [0.25, 0.3) is 0 Å². The molecule has 0 aliphatic heterocycles. The molecule has 0 amide bonds. The van der Waals surface area contributed by atoms with Gasteiger partial charge in [-0.2, -0.15) is 13.2 Å². The zero-order valence-electron chi connectivity index (χ0n) is 83.8. The Bertz CT molecular complexity index is 6150. The summed E-state index contributed by atoms with van der Waals surface area (Å²) in [5.74, 6) is -1.08. The van der Waals surface area contributed by atoms with E-state index in [1.54, 1.807) is 6.92 Å². The number of aromatic nitrogens is 10. The number of nitrogens with zero attached hydrogens (tertiary/aromatic N) is 10. The number of halogens is 5. The first-order chi connectivity index (χ1) is 61.5. The third-order valence-corrected chi connectivity index (χ3v) is 26.0. The van der Waals surface area contributed by atoms with Crippen molar-refractivity contribution in [2.75, 3.05) is 0 Å². The average Bonchev–Trinajstić information content (AvgIpc) is 0.727. The van der Waals surface area contributed by atoms with Crippen molar-refractivity contribution in [1.29, 1.82) is 0 Å². The molecule has 15 heteroatoms.